The van der Waals surface area contributed by atoms with E-state index in [2.05, 4.69) is 16.6 Å². The average molecular weight is 232 g/mol. The number of esters is 1. The molecule has 0 heterocycles. The van der Waals surface area contributed by atoms with E-state index in [1.807, 2.05) is 30.3 Å². The van der Waals surface area contributed by atoms with Crippen LogP contribution in [0, 0.1) is 11.8 Å². The van der Waals surface area contributed by atoms with Gasteiger partial charge in [0.25, 0.3) is 0 Å². The number of hydrogen-bond donors (Lipinski definition) is 1. The van der Waals surface area contributed by atoms with Crippen molar-refractivity contribution in [2.45, 2.75) is 25.9 Å². The molecule has 1 N–H and O–H groups in total. The molecule has 0 bridgehead atoms. The third-order valence-corrected chi connectivity index (χ3v) is 2.17. The Morgan fingerprint density at radius 3 is 2.76 bits per heavy atom. The van der Waals surface area contributed by atoms with E-state index in [1.54, 1.807) is 6.92 Å². The molecule has 0 fully saturated rings. The molecule has 0 aliphatic heterocycles. The molecule has 90 valence electrons. The third-order valence-electron chi connectivity index (χ3n) is 2.17. The first-order valence-electron chi connectivity index (χ1n) is 5.62. The summed E-state index contributed by atoms with van der Waals surface area (Å²) in [4.78, 5) is 10.9. The van der Waals surface area contributed by atoms with Gasteiger partial charge in [0.05, 0.1) is 6.61 Å². The Bertz CT molecular complexity index is 400. The van der Waals surface area contributed by atoms with Gasteiger partial charge in [-0.15, -0.1) is 0 Å². The molecule has 0 aromatic heterocycles. The number of aryl methyl sites for hydroxylation is 1. The maximum absolute atomic E-state index is 10.9. The highest BCUT2D eigenvalue weighted by atomic mass is 16.5. The summed E-state index contributed by atoms with van der Waals surface area (Å²) in [6, 6.07) is 9.83. The van der Waals surface area contributed by atoms with Gasteiger partial charge >= 0.3 is 5.97 Å². The molecule has 0 saturated carbocycles. The summed E-state index contributed by atoms with van der Waals surface area (Å²) in [6.45, 7) is 2.01. The molecule has 1 unspecified atom stereocenters. The summed E-state index contributed by atoms with van der Waals surface area (Å²) in [7, 11) is 0. The fourth-order valence-electron chi connectivity index (χ4n) is 1.33. The van der Waals surface area contributed by atoms with Crippen molar-refractivity contribution in [3.63, 3.8) is 0 Å². The standard InChI is InChI=1S/C14H16O3/c1-2-17-14(16)11-10-13(15)9-8-12-6-4-3-5-7-12/h3-7,13,15H,2,8-9H2,1H3. The lowest BCUT2D eigenvalue weighted by atomic mass is 10.1. The number of benzene rings is 1. The molecule has 1 aromatic rings. The Balaban J connectivity index is 2.35. The Labute approximate surface area is 101 Å². The summed E-state index contributed by atoms with van der Waals surface area (Å²) in [6.07, 6.45) is 0.454. The normalized spacial score (nSPS) is 11.2. The van der Waals surface area contributed by atoms with Crippen molar-refractivity contribution in [2.24, 2.45) is 0 Å². The minimum absolute atomic E-state index is 0.299. The van der Waals surface area contributed by atoms with Crippen LogP contribution < -0.4 is 0 Å². The number of rotatable bonds is 4. The van der Waals surface area contributed by atoms with Crippen LogP contribution in [-0.4, -0.2) is 23.8 Å². The van der Waals surface area contributed by atoms with Gasteiger partial charge in [0, 0.05) is 5.92 Å². The Morgan fingerprint density at radius 1 is 1.41 bits per heavy atom. The second kappa shape index (κ2) is 7.48. The van der Waals surface area contributed by atoms with Crippen LogP contribution >= 0.6 is 0 Å². The van der Waals surface area contributed by atoms with Crippen LogP contribution in [0.15, 0.2) is 30.3 Å². The molecule has 0 aliphatic carbocycles. The molecule has 1 rings (SSSR count). The quantitative estimate of drug-likeness (QED) is 0.486. The van der Waals surface area contributed by atoms with Gasteiger partial charge in [-0.05, 0) is 25.3 Å². The van der Waals surface area contributed by atoms with Crippen LogP contribution in [0.1, 0.15) is 18.9 Å². The minimum atomic E-state index is -0.792. The highest BCUT2D eigenvalue weighted by molar-refractivity contribution is 5.88. The summed E-state index contributed by atoms with van der Waals surface area (Å²) in [5, 5.41) is 9.55. The molecule has 17 heavy (non-hydrogen) atoms. The van der Waals surface area contributed by atoms with E-state index in [1.165, 1.54) is 0 Å². The van der Waals surface area contributed by atoms with Crippen LogP contribution in [-0.2, 0) is 16.0 Å². The summed E-state index contributed by atoms with van der Waals surface area (Å²) in [5.41, 5.74) is 1.14. The van der Waals surface area contributed by atoms with Crippen molar-refractivity contribution in [1.29, 1.82) is 0 Å². The average Bonchev–Trinajstić information content (AvgIpc) is 2.35. The van der Waals surface area contributed by atoms with E-state index >= 15 is 0 Å². The molecule has 0 saturated heterocycles. The fourth-order valence-corrected chi connectivity index (χ4v) is 1.33. The molecule has 3 nitrogen and oxygen atoms in total. The van der Waals surface area contributed by atoms with Gasteiger partial charge < -0.3 is 9.84 Å². The first-order valence-corrected chi connectivity index (χ1v) is 5.62. The Kier molecular flexibility index (Phi) is 5.84. The van der Waals surface area contributed by atoms with Crippen LogP contribution in [0.3, 0.4) is 0 Å². The predicted octanol–water partition coefficient (Wildman–Crippen LogP) is 1.55. The first kappa shape index (κ1) is 13.3. The summed E-state index contributed by atoms with van der Waals surface area (Å²) in [5.74, 6) is 4.14. The van der Waals surface area contributed by atoms with E-state index in [4.69, 9.17) is 0 Å². The molecule has 1 aromatic carbocycles. The monoisotopic (exact) mass is 232 g/mol. The van der Waals surface area contributed by atoms with Crippen LogP contribution in [0.4, 0.5) is 0 Å². The Morgan fingerprint density at radius 2 is 2.12 bits per heavy atom. The summed E-state index contributed by atoms with van der Waals surface area (Å²) >= 11 is 0. The van der Waals surface area contributed by atoms with Crippen LogP contribution in [0.5, 0.6) is 0 Å². The molecular formula is C14H16O3. The molecule has 1 atom stereocenters. The zero-order chi connectivity index (χ0) is 12.5. The lowest BCUT2D eigenvalue weighted by Crippen LogP contribution is -2.07. The number of ether oxygens (including phenoxy) is 1. The van der Waals surface area contributed by atoms with Crippen molar-refractivity contribution in [1.82, 2.24) is 0 Å². The van der Waals surface area contributed by atoms with Crippen molar-refractivity contribution in [3.05, 3.63) is 35.9 Å². The van der Waals surface area contributed by atoms with E-state index in [9.17, 15) is 9.90 Å². The zero-order valence-electron chi connectivity index (χ0n) is 9.85. The van der Waals surface area contributed by atoms with E-state index in [0.29, 0.717) is 13.0 Å². The van der Waals surface area contributed by atoms with Gasteiger partial charge in [0.1, 0.15) is 6.10 Å². The second-order valence-corrected chi connectivity index (χ2v) is 3.53. The molecule has 0 radical (unpaired) electrons. The first-order chi connectivity index (χ1) is 8.22. The lowest BCUT2D eigenvalue weighted by Gasteiger charge is -2.03. The molecule has 0 amide bonds. The zero-order valence-corrected chi connectivity index (χ0v) is 9.85. The molecule has 0 spiro atoms. The number of carbonyl (C=O) groups excluding carboxylic acids is 1. The van der Waals surface area contributed by atoms with Crippen LogP contribution in [0.2, 0.25) is 0 Å². The molecule has 0 aliphatic rings. The topological polar surface area (TPSA) is 46.5 Å². The molecule has 3 heteroatoms. The SMILES string of the molecule is CCOC(=O)C#CC(O)CCc1ccccc1. The Hall–Kier alpha value is -1.79. The number of carbonyl (C=O) groups is 1. The van der Waals surface area contributed by atoms with E-state index in [-0.39, 0.29) is 0 Å². The van der Waals surface area contributed by atoms with Crippen molar-refractivity contribution < 1.29 is 14.6 Å². The van der Waals surface area contributed by atoms with Gasteiger partial charge in [-0.2, -0.15) is 0 Å². The van der Waals surface area contributed by atoms with Crippen molar-refractivity contribution in [3.8, 4) is 11.8 Å². The van der Waals surface area contributed by atoms with Gasteiger partial charge in [-0.25, -0.2) is 4.79 Å². The number of aliphatic hydroxyl groups is 1. The largest absolute Gasteiger partial charge is 0.456 e. The maximum atomic E-state index is 10.9. The molecular weight excluding hydrogens is 216 g/mol. The third kappa shape index (κ3) is 5.74. The van der Waals surface area contributed by atoms with Gasteiger partial charge in [0.2, 0.25) is 0 Å². The van der Waals surface area contributed by atoms with Gasteiger partial charge in [0.15, 0.2) is 0 Å². The lowest BCUT2D eigenvalue weighted by molar-refractivity contribution is -0.136. The fraction of sp³-hybridized carbons (Fsp3) is 0.357. The summed E-state index contributed by atoms with van der Waals surface area (Å²) < 4.78 is 4.63. The smallest absolute Gasteiger partial charge is 0.384 e. The predicted molar refractivity (Wildman–Crippen MR) is 65.2 cm³/mol. The number of aliphatic hydroxyl groups excluding tert-OH is 1. The van der Waals surface area contributed by atoms with Crippen molar-refractivity contribution in [2.75, 3.05) is 6.61 Å². The van der Waals surface area contributed by atoms with E-state index in [0.717, 1.165) is 12.0 Å². The van der Waals surface area contributed by atoms with Crippen molar-refractivity contribution >= 4 is 5.97 Å². The minimum Gasteiger partial charge on any atom is -0.456 e. The second-order valence-electron chi connectivity index (χ2n) is 3.53. The van der Waals surface area contributed by atoms with Crippen LogP contribution in [0.25, 0.3) is 0 Å². The van der Waals surface area contributed by atoms with E-state index < -0.39 is 12.1 Å². The highest BCUT2D eigenvalue weighted by Gasteiger charge is 2.01. The highest BCUT2D eigenvalue weighted by Crippen LogP contribution is 2.04. The maximum Gasteiger partial charge on any atom is 0.384 e. The van der Waals surface area contributed by atoms with Gasteiger partial charge in [-0.1, -0.05) is 36.3 Å². The van der Waals surface area contributed by atoms with Gasteiger partial charge in [-0.3, -0.25) is 0 Å². The number of hydrogen-bond acceptors (Lipinski definition) is 3.